The molecule has 4 rings (SSSR count). The summed E-state index contributed by atoms with van der Waals surface area (Å²) in [4.78, 5) is 27.9. The summed E-state index contributed by atoms with van der Waals surface area (Å²) >= 11 is 6.07. The van der Waals surface area contributed by atoms with Crippen molar-refractivity contribution >= 4 is 34.4 Å². The minimum absolute atomic E-state index is 0.0209. The number of hydrogen-bond acceptors (Lipinski definition) is 5. The molecule has 3 aromatic heterocycles. The second-order valence-electron chi connectivity index (χ2n) is 8.01. The summed E-state index contributed by atoms with van der Waals surface area (Å²) in [5, 5.41) is 7.57. The SMILES string of the molecule is CC(C)C(=O)N[C@@H]1CCC[C@@H](Nc2nc(-c3c[nH]c4ncc(Cl)cc34)ncc2F)C1. The first-order chi connectivity index (χ1) is 14.4. The van der Waals surface area contributed by atoms with Gasteiger partial charge in [0.05, 0.1) is 11.2 Å². The van der Waals surface area contributed by atoms with Crippen LogP contribution in [0.1, 0.15) is 39.5 Å². The lowest BCUT2D eigenvalue weighted by atomic mass is 9.90. The molecule has 0 aliphatic heterocycles. The lowest BCUT2D eigenvalue weighted by Crippen LogP contribution is -2.43. The molecule has 0 unspecified atom stereocenters. The highest BCUT2D eigenvalue weighted by molar-refractivity contribution is 6.31. The number of fused-ring (bicyclic) bond motifs is 1. The van der Waals surface area contributed by atoms with Crippen molar-refractivity contribution in [2.45, 2.75) is 51.6 Å². The Labute approximate surface area is 178 Å². The van der Waals surface area contributed by atoms with Crippen molar-refractivity contribution in [2.75, 3.05) is 5.32 Å². The van der Waals surface area contributed by atoms with Crippen molar-refractivity contribution in [1.29, 1.82) is 0 Å². The van der Waals surface area contributed by atoms with Crippen LogP contribution in [-0.4, -0.2) is 37.9 Å². The van der Waals surface area contributed by atoms with E-state index in [2.05, 4.69) is 30.6 Å². The number of H-pyrrole nitrogens is 1. The topological polar surface area (TPSA) is 95.6 Å². The van der Waals surface area contributed by atoms with E-state index in [-0.39, 0.29) is 29.7 Å². The largest absolute Gasteiger partial charge is 0.365 e. The van der Waals surface area contributed by atoms with Crippen molar-refractivity contribution in [3.8, 4) is 11.4 Å². The van der Waals surface area contributed by atoms with Crippen LogP contribution in [0.4, 0.5) is 10.2 Å². The van der Waals surface area contributed by atoms with Crippen LogP contribution in [-0.2, 0) is 4.79 Å². The second kappa shape index (κ2) is 8.55. The first-order valence-electron chi connectivity index (χ1n) is 10.1. The van der Waals surface area contributed by atoms with E-state index in [4.69, 9.17) is 11.6 Å². The minimum atomic E-state index is -0.511. The highest BCUT2D eigenvalue weighted by Gasteiger charge is 2.25. The molecule has 3 N–H and O–H groups in total. The van der Waals surface area contributed by atoms with Gasteiger partial charge in [0.25, 0.3) is 0 Å². The van der Waals surface area contributed by atoms with Crippen molar-refractivity contribution in [1.82, 2.24) is 25.3 Å². The van der Waals surface area contributed by atoms with Crippen LogP contribution in [0.3, 0.4) is 0 Å². The van der Waals surface area contributed by atoms with Crippen LogP contribution in [0.15, 0.2) is 24.7 Å². The highest BCUT2D eigenvalue weighted by atomic mass is 35.5. The molecule has 30 heavy (non-hydrogen) atoms. The molecule has 3 aromatic rings. The van der Waals surface area contributed by atoms with E-state index in [1.54, 1.807) is 18.5 Å². The maximum atomic E-state index is 14.5. The van der Waals surface area contributed by atoms with Crippen LogP contribution >= 0.6 is 11.6 Å². The number of aromatic amines is 1. The summed E-state index contributed by atoms with van der Waals surface area (Å²) in [6, 6.07) is 1.88. The van der Waals surface area contributed by atoms with Gasteiger partial charge in [0.2, 0.25) is 5.91 Å². The molecular weight excluding hydrogens is 407 g/mol. The molecule has 0 aromatic carbocycles. The minimum Gasteiger partial charge on any atom is -0.365 e. The standard InChI is InChI=1S/C21H24ClFN6O/c1-11(2)21(30)28-14-5-3-4-13(7-14)27-20-17(23)10-26-19(29-20)16-9-25-18-15(16)6-12(22)8-24-18/h6,8-11,13-14H,3-5,7H2,1-2H3,(H,24,25)(H,28,30)(H,26,27,29)/t13-,14-/m1/s1. The van der Waals surface area contributed by atoms with E-state index < -0.39 is 5.82 Å². The molecule has 3 heterocycles. The second-order valence-corrected chi connectivity index (χ2v) is 8.45. The van der Waals surface area contributed by atoms with Gasteiger partial charge in [-0.1, -0.05) is 25.4 Å². The number of carbonyl (C=O) groups is 1. The fourth-order valence-electron chi connectivity index (χ4n) is 3.77. The van der Waals surface area contributed by atoms with Gasteiger partial charge in [-0.2, -0.15) is 0 Å². The lowest BCUT2D eigenvalue weighted by molar-refractivity contribution is -0.124. The van der Waals surface area contributed by atoms with Gasteiger partial charge in [-0.15, -0.1) is 0 Å². The third kappa shape index (κ3) is 4.38. The number of rotatable bonds is 5. The van der Waals surface area contributed by atoms with Crippen molar-refractivity contribution in [3.63, 3.8) is 0 Å². The normalized spacial score (nSPS) is 19.2. The number of carbonyl (C=O) groups excluding carboxylic acids is 1. The quantitative estimate of drug-likeness (QED) is 0.560. The Morgan fingerprint density at radius 3 is 2.87 bits per heavy atom. The number of nitrogens with one attached hydrogen (secondary N) is 3. The lowest BCUT2D eigenvalue weighted by Gasteiger charge is -2.31. The van der Waals surface area contributed by atoms with E-state index in [9.17, 15) is 9.18 Å². The van der Waals surface area contributed by atoms with Gasteiger partial charge < -0.3 is 15.6 Å². The molecule has 0 bridgehead atoms. The average Bonchev–Trinajstić information content (AvgIpc) is 3.13. The summed E-state index contributed by atoms with van der Waals surface area (Å²) in [5.74, 6) is 0.0186. The summed E-state index contributed by atoms with van der Waals surface area (Å²) in [7, 11) is 0. The molecule has 1 aliphatic rings. The first-order valence-corrected chi connectivity index (χ1v) is 10.5. The molecule has 7 nitrogen and oxygen atoms in total. The van der Waals surface area contributed by atoms with Crippen LogP contribution in [0.25, 0.3) is 22.4 Å². The smallest absolute Gasteiger partial charge is 0.222 e. The number of amides is 1. The molecular formula is C21H24ClFN6O. The Bertz CT molecular complexity index is 1070. The molecule has 1 amide bonds. The van der Waals surface area contributed by atoms with Gasteiger partial charge in [0.1, 0.15) is 5.65 Å². The average molecular weight is 431 g/mol. The van der Waals surface area contributed by atoms with Crippen LogP contribution in [0.2, 0.25) is 5.02 Å². The van der Waals surface area contributed by atoms with Crippen LogP contribution in [0, 0.1) is 11.7 Å². The summed E-state index contributed by atoms with van der Waals surface area (Å²) in [6.45, 7) is 3.75. The number of pyridine rings is 1. The molecule has 0 spiro atoms. The summed E-state index contributed by atoms with van der Waals surface area (Å²) < 4.78 is 14.5. The maximum Gasteiger partial charge on any atom is 0.222 e. The number of hydrogen-bond donors (Lipinski definition) is 3. The molecule has 9 heteroatoms. The van der Waals surface area contributed by atoms with Crippen molar-refractivity contribution in [3.05, 3.63) is 35.5 Å². The van der Waals surface area contributed by atoms with Crippen molar-refractivity contribution < 1.29 is 9.18 Å². The summed E-state index contributed by atoms with van der Waals surface area (Å²) in [5.41, 5.74) is 1.36. The van der Waals surface area contributed by atoms with Gasteiger partial charge in [-0.05, 0) is 31.7 Å². The van der Waals surface area contributed by atoms with Crippen molar-refractivity contribution in [2.24, 2.45) is 5.92 Å². The highest BCUT2D eigenvalue weighted by Crippen LogP contribution is 2.29. The fraction of sp³-hybridized carbons (Fsp3) is 0.429. The molecule has 0 saturated heterocycles. The zero-order valence-corrected chi connectivity index (χ0v) is 17.6. The molecule has 2 atom stereocenters. The Morgan fingerprint density at radius 1 is 1.27 bits per heavy atom. The fourth-order valence-corrected chi connectivity index (χ4v) is 3.93. The molecule has 1 fully saturated rings. The Hall–Kier alpha value is -2.74. The van der Waals surface area contributed by atoms with E-state index >= 15 is 0 Å². The van der Waals surface area contributed by atoms with Gasteiger partial charge in [-0.3, -0.25) is 4.79 Å². The van der Waals surface area contributed by atoms with Gasteiger partial charge >= 0.3 is 0 Å². The molecule has 0 radical (unpaired) electrons. The predicted octanol–water partition coefficient (Wildman–Crippen LogP) is 4.31. The van der Waals surface area contributed by atoms with Crippen LogP contribution < -0.4 is 10.6 Å². The zero-order chi connectivity index (χ0) is 21.3. The number of anilines is 1. The Balaban J connectivity index is 1.53. The van der Waals surface area contributed by atoms with Gasteiger partial charge in [0.15, 0.2) is 17.5 Å². The van der Waals surface area contributed by atoms with E-state index in [0.717, 1.165) is 31.1 Å². The first kappa shape index (κ1) is 20.5. The van der Waals surface area contributed by atoms with E-state index in [0.29, 0.717) is 22.1 Å². The third-order valence-corrected chi connectivity index (χ3v) is 5.58. The monoisotopic (exact) mass is 430 g/mol. The summed E-state index contributed by atoms with van der Waals surface area (Å²) in [6.07, 6.45) is 7.96. The third-order valence-electron chi connectivity index (χ3n) is 5.37. The predicted molar refractivity (Wildman–Crippen MR) is 115 cm³/mol. The number of aromatic nitrogens is 4. The van der Waals surface area contributed by atoms with Gasteiger partial charge in [0, 0.05) is 41.3 Å². The Kier molecular flexibility index (Phi) is 5.85. The molecule has 1 saturated carbocycles. The maximum absolute atomic E-state index is 14.5. The molecule has 158 valence electrons. The number of nitrogens with zero attached hydrogens (tertiary/aromatic N) is 3. The van der Waals surface area contributed by atoms with E-state index in [1.807, 2.05) is 13.8 Å². The van der Waals surface area contributed by atoms with Crippen LogP contribution in [0.5, 0.6) is 0 Å². The zero-order valence-electron chi connectivity index (χ0n) is 16.9. The number of halogens is 2. The van der Waals surface area contributed by atoms with Gasteiger partial charge in [-0.25, -0.2) is 19.3 Å². The van der Waals surface area contributed by atoms with E-state index in [1.165, 1.54) is 6.20 Å². The Morgan fingerprint density at radius 2 is 2.07 bits per heavy atom. The molecule has 1 aliphatic carbocycles.